The van der Waals surface area contributed by atoms with E-state index in [2.05, 4.69) is 15.2 Å². The number of nitrogens with zero attached hydrogens (tertiary/aromatic N) is 3. The van der Waals surface area contributed by atoms with E-state index in [1.165, 1.54) is 23.7 Å². The van der Waals surface area contributed by atoms with Crippen LogP contribution in [0.4, 0.5) is 10.1 Å². The largest absolute Gasteiger partial charge is 0.379 e. The molecule has 0 amide bonds. The highest BCUT2D eigenvalue weighted by Gasteiger charge is 2.11. The Labute approximate surface area is 166 Å². The van der Waals surface area contributed by atoms with Crippen molar-refractivity contribution in [2.24, 2.45) is 4.99 Å². The van der Waals surface area contributed by atoms with E-state index in [1.807, 2.05) is 6.92 Å². The fourth-order valence-electron chi connectivity index (χ4n) is 2.79. The molecule has 1 saturated heterocycles. The Hall–Kier alpha value is -1.74. The summed E-state index contributed by atoms with van der Waals surface area (Å²) in [5.74, 6) is 0.0785. The molecule has 1 aliphatic rings. The number of hydrogen-bond acceptors (Lipinski definition) is 5. The number of rotatable bonds is 5. The topological polar surface area (TPSA) is 65.6 Å². The Bertz CT molecular complexity index is 860. The van der Waals surface area contributed by atoms with Crippen LogP contribution in [0.5, 0.6) is 0 Å². The van der Waals surface area contributed by atoms with Crippen molar-refractivity contribution < 1.29 is 9.13 Å². The van der Waals surface area contributed by atoms with Gasteiger partial charge in [-0.1, -0.05) is 23.1 Å². The summed E-state index contributed by atoms with van der Waals surface area (Å²) in [6.07, 6.45) is 0.910. The Morgan fingerprint density at radius 2 is 2.15 bits per heavy atom. The van der Waals surface area contributed by atoms with E-state index in [0.29, 0.717) is 23.7 Å². The first kappa shape index (κ1) is 20.0. The number of halogens is 2. The lowest BCUT2D eigenvalue weighted by molar-refractivity contribution is 0.0377. The van der Waals surface area contributed by atoms with Gasteiger partial charge in [0.2, 0.25) is 5.96 Å². The van der Waals surface area contributed by atoms with Gasteiger partial charge < -0.3 is 10.1 Å². The molecule has 6 nitrogen and oxygen atoms in total. The second-order valence-corrected chi connectivity index (χ2v) is 7.89. The molecule has 0 bridgehead atoms. The van der Waals surface area contributed by atoms with Gasteiger partial charge in [0.05, 0.1) is 18.2 Å². The molecule has 0 atom stereocenters. The molecule has 9 heteroatoms. The second-order valence-electron chi connectivity index (χ2n) is 6.29. The zero-order valence-corrected chi connectivity index (χ0v) is 16.7. The Morgan fingerprint density at radius 1 is 1.37 bits per heavy atom. The third-order valence-electron chi connectivity index (χ3n) is 4.16. The number of aryl methyl sites for hydroxylation is 1. The van der Waals surface area contributed by atoms with Crippen LogP contribution >= 0.6 is 23.1 Å². The molecule has 1 aliphatic heterocycles. The molecule has 27 heavy (non-hydrogen) atoms. The van der Waals surface area contributed by atoms with Crippen molar-refractivity contribution in [3.8, 4) is 0 Å². The summed E-state index contributed by atoms with van der Waals surface area (Å²) in [6.45, 7) is 7.02. The highest BCUT2D eigenvalue weighted by molar-refractivity contribution is 7.07. The third-order valence-corrected chi connectivity index (χ3v) is 5.41. The Kier molecular flexibility index (Phi) is 7.01. The molecule has 2 heterocycles. The lowest BCUT2D eigenvalue weighted by Gasteiger charge is -2.26. The molecular weight excluding hydrogens is 389 g/mol. The van der Waals surface area contributed by atoms with Crippen LogP contribution in [0.1, 0.15) is 11.3 Å². The summed E-state index contributed by atoms with van der Waals surface area (Å²) in [5, 5.41) is 11.4. The van der Waals surface area contributed by atoms with E-state index < -0.39 is 5.82 Å². The number of benzene rings is 1. The Balaban J connectivity index is 1.71. The number of anilines is 1. The number of nitrogens with one attached hydrogen (secondary N) is 2. The number of ether oxygens (including phenoxy) is 1. The lowest BCUT2D eigenvalue weighted by Crippen LogP contribution is -2.37. The van der Waals surface area contributed by atoms with Crippen molar-refractivity contribution in [1.29, 1.82) is 5.41 Å². The standard InChI is InChI=1S/C18H23ClFN5OS/c1-13-11-17(21)25(27-13)18(23-14-3-4-16(20)15(19)12-14)22-5-2-6-24-7-9-26-10-8-24/h3-4,11-12,21H,2,5-10H2,1H3,(H,22,23). The summed E-state index contributed by atoms with van der Waals surface area (Å²) in [7, 11) is 0. The number of aromatic nitrogens is 1. The van der Waals surface area contributed by atoms with E-state index in [0.717, 1.165) is 44.1 Å². The fraction of sp³-hybridized carbons (Fsp3) is 0.444. The number of morpholine rings is 1. The van der Waals surface area contributed by atoms with Crippen LogP contribution in [-0.2, 0) is 4.74 Å². The maximum absolute atomic E-state index is 13.4. The van der Waals surface area contributed by atoms with Crippen LogP contribution in [0.25, 0.3) is 0 Å². The van der Waals surface area contributed by atoms with Crippen LogP contribution < -0.4 is 10.8 Å². The van der Waals surface area contributed by atoms with Gasteiger partial charge in [-0.05, 0) is 37.6 Å². The van der Waals surface area contributed by atoms with Gasteiger partial charge in [-0.15, -0.1) is 0 Å². The first-order valence-electron chi connectivity index (χ1n) is 8.84. The molecular formula is C18H23ClFN5OS. The van der Waals surface area contributed by atoms with Crippen molar-refractivity contribution in [3.05, 3.63) is 45.5 Å². The van der Waals surface area contributed by atoms with Crippen molar-refractivity contribution >= 4 is 34.8 Å². The van der Waals surface area contributed by atoms with Crippen molar-refractivity contribution in [2.75, 3.05) is 44.7 Å². The number of aliphatic imine (C=N–C) groups is 1. The summed E-state index contributed by atoms with van der Waals surface area (Å²) in [6, 6.07) is 6.22. The molecule has 2 N–H and O–H groups in total. The summed E-state index contributed by atoms with van der Waals surface area (Å²) in [4.78, 5) is 8.04. The van der Waals surface area contributed by atoms with Crippen molar-refractivity contribution in [2.45, 2.75) is 13.3 Å². The maximum Gasteiger partial charge on any atom is 0.218 e. The molecule has 0 saturated carbocycles. The zero-order chi connectivity index (χ0) is 19.2. The smallest absolute Gasteiger partial charge is 0.218 e. The monoisotopic (exact) mass is 411 g/mol. The first-order chi connectivity index (χ1) is 13.0. The van der Waals surface area contributed by atoms with E-state index in [9.17, 15) is 4.39 Å². The van der Waals surface area contributed by atoms with Gasteiger partial charge in [-0.3, -0.25) is 15.3 Å². The van der Waals surface area contributed by atoms with Crippen molar-refractivity contribution in [3.63, 3.8) is 0 Å². The molecule has 0 aliphatic carbocycles. The molecule has 1 fully saturated rings. The van der Waals surface area contributed by atoms with E-state index in [4.69, 9.17) is 21.7 Å². The van der Waals surface area contributed by atoms with Gasteiger partial charge in [-0.2, -0.15) is 0 Å². The summed E-state index contributed by atoms with van der Waals surface area (Å²) >= 11 is 7.32. The first-order valence-corrected chi connectivity index (χ1v) is 9.99. The normalized spacial score (nSPS) is 15.9. The minimum Gasteiger partial charge on any atom is -0.379 e. The van der Waals surface area contributed by atoms with Gasteiger partial charge >= 0.3 is 0 Å². The van der Waals surface area contributed by atoms with Crippen LogP contribution in [0, 0.1) is 18.2 Å². The van der Waals surface area contributed by atoms with Crippen molar-refractivity contribution in [1.82, 2.24) is 8.86 Å². The molecule has 0 radical (unpaired) electrons. The number of hydrogen-bond donors (Lipinski definition) is 2. The van der Waals surface area contributed by atoms with Crippen LogP contribution in [0.3, 0.4) is 0 Å². The van der Waals surface area contributed by atoms with Gasteiger partial charge in [0.25, 0.3) is 0 Å². The maximum atomic E-state index is 13.4. The third kappa shape index (κ3) is 5.62. The molecule has 146 valence electrons. The summed E-state index contributed by atoms with van der Waals surface area (Å²) in [5.41, 5.74) is 0.983. The SMILES string of the molecule is Cc1cc(=N)n(C(=NCCCN2CCOCC2)Nc2ccc(F)c(Cl)c2)s1. The molecule has 1 aromatic heterocycles. The highest BCUT2D eigenvalue weighted by atomic mass is 35.5. The van der Waals surface area contributed by atoms with E-state index in [1.54, 1.807) is 16.1 Å². The molecule has 3 rings (SSSR count). The minimum absolute atomic E-state index is 0.0464. The summed E-state index contributed by atoms with van der Waals surface area (Å²) < 4.78 is 20.5. The van der Waals surface area contributed by atoms with E-state index in [-0.39, 0.29) is 5.02 Å². The fourth-order valence-corrected chi connectivity index (χ4v) is 3.76. The van der Waals surface area contributed by atoms with Crippen LogP contribution in [-0.4, -0.2) is 54.2 Å². The van der Waals surface area contributed by atoms with Crippen LogP contribution in [0.2, 0.25) is 5.02 Å². The van der Waals surface area contributed by atoms with E-state index >= 15 is 0 Å². The van der Waals surface area contributed by atoms with Gasteiger partial charge in [-0.25, -0.2) is 8.35 Å². The molecule has 2 aromatic rings. The van der Waals surface area contributed by atoms with Gasteiger partial charge in [0.15, 0.2) is 0 Å². The van der Waals surface area contributed by atoms with Gasteiger partial charge in [0, 0.05) is 36.7 Å². The average Bonchev–Trinajstić information content (AvgIpc) is 2.99. The second kappa shape index (κ2) is 9.45. The highest BCUT2D eigenvalue weighted by Crippen LogP contribution is 2.19. The predicted molar refractivity (Wildman–Crippen MR) is 108 cm³/mol. The van der Waals surface area contributed by atoms with Crippen LogP contribution in [0.15, 0.2) is 29.3 Å². The molecule has 0 spiro atoms. The lowest BCUT2D eigenvalue weighted by atomic mass is 10.3. The zero-order valence-electron chi connectivity index (χ0n) is 15.2. The molecule has 1 aromatic carbocycles. The quantitative estimate of drug-likeness (QED) is 0.451. The minimum atomic E-state index is -0.466. The molecule has 0 unspecified atom stereocenters. The Morgan fingerprint density at radius 3 is 2.81 bits per heavy atom. The average molecular weight is 412 g/mol. The predicted octanol–water partition coefficient (Wildman–Crippen LogP) is 3.17. The van der Waals surface area contributed by atoms with Gasteiger partial charge in [0.1, 0.15) is 11.3 Å².